The van der Waals surface area contributed by atoms with E-state index < -0.39 is 11.9 Å². The maximum atomic E-state index is 12.1. The molecule has 1 unspecified atom stereocenters. The zero-order valence-corrected chi connectivity index (χ0v) is 12.1. The third-order valence-electron chi connectivity index (χ3n) is 2.82. The van der Waals surface area contributed by atoms with Gasteiger partial charge in [-0.15, -0.1) is 0 Å². The van der Waals surface area contributed by atoms with Gasteiger partial charge in [0.1, 0.15) is 5.70 Å². The topological polar surface area (TPSA) is 55.7 Å². The molecule has 1 aliphatic rings. The zero-order chi connectivity index (χ0) is 14.0. The summed E-state index contributed by atoms with van der Waals surface area (Å²) in [5.74, 6) is -1.78. The molecule has 0 fully saturated rings. The maximum absolute atomic E-state index is 12.1. The highest BCUT2D eigenvalue weighted by atomic mass is 79.9. The maximum Gasteiger partial charge on any atom is 0.322 e. The number of hydrogen-bond acceptors (Lipinski definition) is 4. The number of esters is 1. The average Bonchev–Trinajstić information content (AvgIpc) is 2.64. The molecule has 2 rings (SSSR count). The monoisotopic (exact) mass is 321 g/mol. The summed E-state index contributed by atoms with van der Waals surface area (Å²) in [6, 6.07) is 7.49. The number of benzene rings is 1. The van der Waals surface area contributed by atoms with Gasteiger partial charge in [0.2, 0.25) is 5.78 Å². The second-order valence-corrected chi connectivity index (χ2v) is 5.07. The van der Waals surface area contributed by atoms with Gasteiger partial charge in [-0.25, -0.2) is 0 Å². The number of methoxy groups -OCH3 is 1. The Hall–Kier alpha value is -1.75. The Kier molecular flexibility index (Phi) is 3.95. The lowest BCUT2D eigenvalue weighted by Crippen LogP contribution is -2.27. The molecule has 19 heavy (non-hydrogen) atoms. The zero-order valence-electron chi connectivity index (χ0n) is 10.5. The van der Waals surface area contributed by atoms with Crippen LogP contribution in [-0.4, -0.2) is 24.6 Å². The van der Waals surface area contributed by atoms with Crippen LogP contribution in [0.4, 0.5) is 0 Å². The number of allylic oxidation sites excluding steroid dienone is 1. The Morgan fingerprint density at radius 3 is 2.84 bits per heavy atom. The van der Waals surface area contributed by atoms with E-state index in [1.54, 1.807) is 13.0 Å². The number of ether oxygens (including phenoxy) is 1. The van der Waals surface area contributed by atoms with Crippen LogP contribution >= 0.6 is 15.9 Å². The molecule has 0 aromatic heterocycles. The number of rotatable bonds is 2. The Morgan fingerprint density at radius 2 is 2.21 bits per heavy atom. The largest absolute Gasteiger partial charge is 0.468 e. The third kappa shape index (κ3) is 2.81. The summed E-state index contributed by atoms with van der Waals surface area (Å²) in [4.78, 5) is 27.8. The van der Waals surface area contributed by atoms with Crippen LogP contribution in [0, 0.1) is 5.92 Å². The first kappa shape index (κ1) is 13.7. The normalized spacial score (nSPS) is 20.6. The highest BCUT2D eigenvalue weighted by Crippen LogP contribution is 2.24. The molecule has 0 radical (unpaired) electrons. The minimum Gasteiger partial charge on any atom is -0.468 e. The predicted octanol–water partition coefficient (Wildman–Crippen LogP) is 2.62. The van der Waals surface area contributed by atoms with Crippen molar-refractivity contribution in [2.24, 2.45) is 10.9 Å². The molecule has 0 bridgehead atoms. The number of hydrogen-bond donors (Lipinski definition) is 0. The Labute approximate surface area is 119 Å². The number of carbonyl (C=O) groups is 2. The van der Waals surface area contributed by atoms with Gasteiger partial charge in [-0.3, -0.25) is 14.6 Å². The summed E-state index contributed by atoms with van der Waals surface area (Å²) in [6.07, 6.45) is 1.67. The van der Waals surface area contributed by atoms with Crippen LogP contribution in [0.5, 0.6) is 0 Å². The van der Waals surface area contributed by atoms with E-state index in [4.69, 9.17) is 0 Å². The lowest BCUT2D eigenvalue weighted by Gasteiger charge is -2.04. The van der Waals surface area contributed by atoms with Crippen molar-refractivity contribution in [1.82, 2.24) is 0 Å². The Bertz CT molecular complexity index is 604. The van der Waals surface area contributed by atoms with Gasteiger partial charge in [0.05, 0.1) is 7.11 Å². The Morgan fingerprint density at radius 1 is 1.47 bits per heavy atom. The summed E-state index contributed by atoms with van der Waals surface area (Å²) in [6.45, 7) is 1.65. The van der Waals surface area contributed by atoms with Crippen molar-refractivity contribution in [2.45, 2.75) is 6.92 Å². The molecule has 0 saturated carbocycles. The van der Waals surface area contributed by atoms with Gasteiger partial charge >= 0.3 is 5.97 Å². The van der Waals surface area contributed by atoms with Gasteiger partial charge in [-0.1, -0.05) is 28.1 Å². The Balaban J connectivity index is 2.33. The number of halogens is 1. The summed E-state index contributed by atoms with van der Waals surface area (Å²) in [5.41, 5.74) is 1.60. The molecule has 0 spiro atoms. The summed E-state index contributed by atoms with van der Waals surface area (Å²) in [5, 5.41) is 0. The molecular weight excluding hydrogens is 310 g/mol. The van der Waals surface area contributed by atoms with Gasteiger partial charge in [-0.2, -0.15) is 0 Å². The van der Waals surface area contributed by atoms with Gasteiger partial charge in [0.15, 0.2) is 5.92 Å². The molecule has 5 heteroatoms. The number of carbonyl (C=O) groups excluding carboxylic acids is 2. The quantitative estimate of drug-likeness (QED) is 0.478. The fourth-order valence-corrected chi connectivity index (χ4v) is 2.32. The van der Waals surface area contributed by atoms with Crippen LogP contribution in [-0.2, 0) is 14.3 Å². The molecule has 0 N–H and O–H groups in total. The van der Waals surface area contributed by atoms with Crippen LogP contribution in [0.2, 0.25) is 0 Å². The molecule has 0 amide bonds. The van der Waals surface area contributed by atoms with Crippen molar-refractivity contribution >= 4 is 39.5 Å². The fraction of sp³-hybridized carbons (Fsp3) is 0.214. The third-order valence-corrected chi connectivity index (χ3v) is 3.31. The van der Waals surface area contributed by atoms with Crippen LogP contribution in [0.25, 0.3) is 6.08 Å². The van der Waals surface area contributed by atoms with E-state index >= 15 is 0 Å². The van der Waals surface area contributed by atoms with E-state index in [9.17, 15) is 9.59 Å². The fourth-order valence-electron chi connectivity index (χ4n) is 1.90. The predicted molar refractivity (Wildman–Crippen MR) is 75.7 cm³/mol. The first-order chi connectivity index (χ1) is 9.02. The standard InChI is InChI=1S/C14H12BrNO3/c1-8-12(14(18)19-2)13(17)11(16-8)7-9-4-3-5-10(15)6-9/h3-7,12H,1-2H3/b11-7+. The van der Waals surface area contributed by atoms with Crippen LogP contribution in [0.3, 0.4) is 0 Å². The van der Waals surface area contributed by atoms with Gasteiger partial charge in [0, 0.05) is 10.2 Å². The summed E-state index contributed by atoms with van der Waals surface area (Å²) < 4.78 is 5.53. The van der Waals surface area contributed by atoms with Crippen molar-refractivity contribution in [1.29, 1.82) is 0 Å². The van der Waals surface area contributed by atoms with Crippen LogP contribution < -0.4 is 0 Å². The van der Waals surface area contributed by atoms with Crippen molar-refractivity contribution in [3.63, 3.8) is 0 Å². The smallest absolute Gasteiger partial charge is 0.322 e. The van der Waals surface area contributed by atoms with E-state index in [2.05, 4.69) is 25.7 Å². The second-order valence-electron chi connectivity index (χ2n) is 4.16. The highest BCUT2D eigenvalue weighted by Gasteiger charge is 2.37. The number of Topliss-reactive ketones (excluding diaryl/α,β-unsaturated/α-hetero) is 1. The van der Waals surface area contributed by atoms with Crippen molar-refractivity contribution in [3.8, 4) is 0 Å². The van der Waals surface area contributed by atoms with Crippen molar-refractivity contribution in [2.75, 3.05) is 7.11 Å². The molecule has 0 saturated heterocycles. The van der Waals surface area contributed by atoms with Crippen LogP contribution in [0.15, 0.2) is 39.4 Å². The molecule has 1 heterocycles. The lowest BCUT2D eigenvalue weighted by atomic mass is 10.0. The molecular formula is C14H12BrNO3. The van der Waals surface area contributed by atoms with E-state index in [1.165, 1.54) is 7.11 Å². The molecule has 4 nitrogen and oxygen atoms in total. The van der Waals surface area contributed by atoms with Crippen molar-refractivity contribution < 1.29 is 14.3 Å². The first-order valence-corrected chi connectivity index (χ1v) is 6.46. The summed E-state index contributed by atoms with van der Waals surface area (Å²) in [7, 11) is 1.26. The second kappa shape index (κ2) is 5.48. The molecule has 1 aromatic rings. The number of nitrogens with zero attached hydrogens (tertiary/aromatic N) is 1. The lowest BCUT2D eigenvalue weighted by molar-refractivity contribution is -0.145. The molecule has 1 aromatic carbocycles. The van der Waals surface area contributed by atoms with Crippen molar-refractivity contribution in [3.05, 3.63) is 40.0 Å². The minimum absolute atomic E-state index is 0.283. The van der Waals surface area contributed by atoms with Gasteiger partial charge in [-0.05, 0) is 30.7 Å². The number of aliphatic imine (C=N–C) groups is 1. The SMILES string of the molecule is COC(=O)C1C(=O)/C(=C\c2cccc(Br)c2)N=C1C. The van der Waals surface area contributed by atoms with Crippen LogP contribution in [0.1, 0.15) is 12.5 Å². The van der Waals surface area contributed by atoms with E-state index in [0.717, 1.165) is 10.0 Å². The average molecular weight is 322 g/mol. The highest BCUT2D eigenvalue weighted by molar-refractivity contribution is 9.10. The molecule has 1 aliphatic heterocycles. The molecule has 0 aliphatic carbocycles. The number of ketones is 1. The van der Waals surface area contributed by atoms with Gasteiger partial charge in [0.25, 0.3) is 0 Å². The van der Waals surface area contributed by atoms with E-state index in [-0.39, 0.29) is 11.5 Å². The molecule has 98 valence electrons. The van der Waals surface area contributed by atoms with E-state index in [0.29, 0.717) is 5.71 Å². The molecule has 1 atom stereocenters. The summed E-state index contributed by atoms with van der Waals surface area (Å²) >= 11 is 3.36. The minimum atomic E-state index is -0.900. The van der Waals surface area contributed by atoms with E-state index in [1.807, 2.05) is 24.3 Å². The van der Waals surface area contributed by atoms with Gasteiger partial charge < -0.3 is 4.74 Å². The first-order valence-electron chi connectivity index (χ1n) is 5.67.